The van der Waals surface area contributed by atoms with Crippen molar-refractivity contribution in [3.8, 4) is 17.3 Å². The fourth-order valence-electron chi connectivity index (χ4n) is 5.97. The summed E-state index contributed by atoms with van der Waals surface area (Å²) in [6, 6.07) is 1.89. The average Bonchev–Trinajstić information content (AvgIpc) is 3.52. The number of nitrogens with zero attached hydrogens (tertiary/aromatic N) is 6. The number of hydrogen-bond donors (Lipinski definition) is 2. The van der Waals surface area contributed by atoms with E-state index in [2.05, 4.69) is 25.1 Å². The highest BCUT2D eigenvalue weighted by atomic mass is 35.5. The largest absolute Gasteiger partial charge is 0.463 e. The third-order valence-electron chi connectivity index (χ3n) is 8.04. The Labute approximate surface area is 243 Å². The van der Waals surface area contributed by atoms with E-state index >= 15 is 4.39 Å². The molecule has 3 aromatic heterocycles. The molecule has 2 N–H and O–H groups in total. The SMILES string of the molecule is C/C=C\c1c(Cl)cc2[nH]ncc2c1-c1ncc2c(N3CCC[C@@](C)(O)C3)nc(OCC3(CN(C)C)CC3)nc2c1F. The predicted molar refractivity (Wildman–Crippen MR) is 160 cm³/mol. The number of fused-ring (bicyclic) bond motifs is 2. The van der Waals surface area contributed by atoms with Gasteiger partial charge in [0.25, 0.3) is 0 Å². The fraction of sp³-hybridized carbons (Fsp3) is 0.467. The molecule has 1 saturated carbocycles. The van der Waals surface area contributed by atoms with Gasteiger partial charge in [0, 0.05) is 47.8 Å². The van der Waals surface area contributed by atoms with Gasteiger partial charge in [-0.15, -0.1) is 0 Å². The highest BCUT2D eigenvalue weighted by Crippen LogP contribution is 2.46. The van der Waals surface area contributed by atoms with Crippen LogP contribution in [0.1, 0.15) is 45.1 Å². The molecule has 1 saturated heterocycles. The molecule has 11 heteroatoms. The van der Waals surface area contributed by atoms with Crippen molar-refractivity contribution in [2.24, 2.45) is 5.41 Å². The Kier molecular flexibility index (Phi) is 7.12. The molecule has 1 aliphatic heterocycles. The summed E-state index contributed by atoms with van der Waals surface area (Å²) >= 11 is 6.64. The first-order valence-corrected chi connectivity index (χ1v) is 14.4. The lowest BCUT2D eigenvalue weighted by molar-refractivity contribution is 0.0447. The summed E-state index contributed by atoms with van der Waals surface area (Å²) in [7, 11) is 4.09. The van der Waals surface area contributed by atoms with Crippen LogP contribution in [0.15, 0.2) is 24.5 Å². The van der Waals surface area contributed by atoms with Gasteiger partial charge >= 0.3 is 6.01 Å². The Bertz CT molecular complexity index is 1650. The van der Waals surface area contributed by atoms with Crippen LogP contribution in [0.5, 0.6) is 6.01 Å². The molecule has 216 valence electrons. The number of rotatable bonds is 8. The summed E-state index contributed by atoms with van der Waals surface area (Å²) in [5.74, 6) is -0.0849. The highest BCUT2D eigenvalue weighted by Gasteiger charge is 2.44. The minimum absolute atomic E-state index is 0.0494. The van der Waals surface area contributed by atoms with Crippen LogP contribution in [0.2, 0.25) is 5.02 Å². The smallest absolute Gasteiger partial charge is 0.319 e. The molecule has 41 heavy (non-hydrogen) atoms. The number of hydrogen-bond acceptors (Lipinski definition) is 8. The van der Waals surface area contributed by atoms with Crippen molar-refractivity contribution in [3.05, 3.63) is 40.9 Å². The lowest BCUT2D eigenvalue weighted by Crippen LogP contribution is -2.46. The molecule has 0 bridgehead atoms. The van der Waals surface area contributed by atoms with Crippen LogP contribution in [0, 0.1) is 11.2 Å². The number of aliphatic hydroxyl groups is 1. The number of anilines is 1. The Morgan fingerprint density at radius 2 is 2.02 bits per heavy atom. The van der Waals surface area contributed by atoms with Crippen LogP contribution in [0.4, 0.5) is 10.2 Å². The van der Waals surface area contributed by atoms with Gasteiger partial charge in [0.15, 0.2) is 5.82 Å². The number of ether oxygens (including phenoxy) is 1. The summed E-state index contributed by atoms with van der Waals surface area (Å²) < 4.78 is 22.9. The Balaban J connectivity index is 1.51. The van der Waals surface area contributed by atoms with Gasteiger partial charge in [-0.1, -0.05) is 23.8 Å². The van der Waals surface area contributed by atoms with Crippen molar-refractivity contribution in [1.82, 2.24) is 30.0 Å². The Morgan fingerprint density at radius 3 is 2.73 bits per heavy atom. The number of halogens is 2. The van der Waals surface area contributed by atoms with Crippen LogP contribution in [0.25, 0.3) is 39.1 Å². The molecule has 0 radical (unpaired) electrons. The minimum Gasteiger partial charge on any atom is -0.463 e. The van der Waals surface area contributed by atoms with E-state index < -0.39 is 11.4 Å². The first-order chi connectivity index (χ1) is 19.6. The van der Waals surface area contributed by atoms with E-state index in [1.807, 2.05) is 45.0 Å². The van der Waals surface area contributed by atoms with E-state index in [1.54, 1.807) is 18.5 Å². The summed E-state index contributed by atoms with van der Waals surface area (Å²) in [6.45, 7) is 6.07. The number of benzene rings is 1. The number of aromatic nitrogens is 5. The number of pyridine rings is 1. The second kappa shape index (κ2) is 10.5. The second-order valence-corrected chi connectivity index (χ2v) is 12.4. The van der Waals surface area contributed by atoms with Crippen molar-refractivity contribution in [3.63, 3.8) is 0 Å². The van der Waals surface area contributed by atoms with Gasteiger partial charge in [-0.25, -0.2) is 4.39 Å². The predicted octanol–water partition coefficient (Wildman–Crippen LogP) is 5.47. The molecule has 0 spiro atoms. The number of β-amino-alcohol motifs (C(OH)–C–C–N with tert-alkyl or cyclic N) is 1. The number of piperidine rings is 1. The number of aromatic amines is 1. The van der Waals surface area contributed by atoms with Gasteiger partial charge in [-0.05, 0) is 59.7 Å². The maximum Gasteiger partial charge on any atom is 0.319 e. The zero-order chi connectivity index (χ0) is 28.9. The van der Waals surface area contributed by atoms with Crippen molar-refractivity contribution in [1.29, 1.82) is 0 Å². The number of H-pyrrole nitrogens is 1. The normalized spacial score (nSPS) is 20.5. The molecule has 2 fully saturated rings. The summed E-state index contributed by atoms with van der Waals surface area (Å²) in [4.78, 5) is 18.1. The third kappa shape index (κ3) is 5.36. The van der Waals surface area contributed by atoms with E-state index in [9.17, 15) is 5.11 Å². The van der Waals surface area contributed by atoms with Crippen LogP contribution in [0.3, 0.4) is 0 Å². The maximum absolute atomic E-state index is 16.7. The molecule has 1 aromatic carbocycles. The van der Waals surface area contributed by atoms with E-state index in [0.717, 1.165) is 25.8 Å². The summed E-state index contributed by atoms with van der Waals surface area (Å²) in [5, 5.41) is 19.5. The molecule has 6 rings (SSSR count). The van der Waals surface area contributed by atoms with Crippen molar-refractivity contribution < 1.29 is 14.2 Å². The molecule has 9 nitrogen and oxygen atoms in total. The summed E-state index contributed by atoms with van der Waals surface area (Å²) in [6.07, 6.45) is 10.5. The van der Waals surface area contributed by atoms with Gasteiger partial charge < -0.3 is 19.6 Å². The average molecular weight is 580 g/mol. The maximum atomic E-state index is 16.7. The lowest BCUT2D eigenvalue weighted by Gasteiger charge is -2.37. The summed E-state index contributed by atoms with van der Waals surface area (Å²) in [5.41, 5.74) is 1.25. The molecule has 4 aromatic rings. The van der Waals surface area contributed by atoms with E-state index in [4.69, 9.17) is 21.3 Å². The molecule has 0 amide bonds. The molecular formula is C30H35ClFN7O2. The van der Waals surface area contributed by atoms with Crippen LogP contribution in [-0.2, 0) is 0 Å². The van der Waals surface area contributed by atoms with Crippen molar-refractivity contribution in [2.75, 3.05) is 45.2 Å². The molecule has 1 atom stereocenters. The van der Waals surface area contributed by atoms with Gasteiger partial charge in [-0.3, -0.25) is 10.1 Å². The zero-order valence-electron chi connectivity index (χ0n) is 23.8. The van der Waals surface area contributed by atoms with Crippen LogP contribution < -0.4 is 9.64 Å². The van der Waals surface area contributed by atoms with E-state index in [0.29, 0.717) is 64.4 Å². The molecule has 4 heterocycles. The lowest BCUT2D eigenvalue weighted by atomic mass is 9.95. The fourth-order valence-corrected chi connectivity index (χ4v) is 6.24. The van der Waals surface area contributed by atoms with E-state index in [1.165, 1.54) is 0 Å². The highest BCUT2D eigenvalue weighted by molar-refractivity contribution is 6.33. The van der Waals surface area contributed by atoms with Crippen LogP contribution >= 0.6 is 11.6 Å². The number of allylic oxidation sites excluding steroid dienone is 1. The molecule has 2 aliphatic rings. The number of nitrogens with one attached hydrogen (secondary N) is 1. The first kappa shape index (κ1) is 27.8. The Morgan fingerprint density at radius 1 is 1.22 bits per heavy atom. The van der Waals surface area contributed by atoms with Crippen LogP contribution in [-0.4, -0.2) is 81.1 Å². The van der Waals surface area contributed by atoms with Gasteiger partial charge in [-0.2, -0.15) is 15.1 Å². The quantitative estimate of drug-likeness (QED) is 0.283. The van der Waals surface area contributed by atoms with Crippen molar-refractivity contribution >= 4 is 45.3 Å². The van der Waals surface area contributed by atoms with E-state index in [-0.39, 0.29) is 22.6 Å². The molecule has 1 aliphatic carbocycles. The molecule has 0 unspecified atom stereocenters. The third-order valence-corrected chi connectivity index (χ3v) is 8.35. The van der Waals surface area contributed by atoms with Gasteiger partial charge in [0.05, 0.1) is 34.3 Å². The van der Waals surface area contributed by atoms with Crippen molar-refractivity contribution in [2.45, 2.75) is 45.1 Å². The monoisotopic (exact) mass is 579 g/mol. The molecular weight excluding hydrogens is 545 g/mol. The standard InChI is InChI=1S/C30H35ClFN7O2/c1-5-7-18-21(31)12-22-19(14-34-37-22)23(18)26-24(32)25-20(13-33-26)27(39-11-6-8-29(2,40)15-39)36-28(35-25)41-17-30(9-10-30)16-38(3)4/h5,7,12-14,40H,6,8-11,15-17H2,1-4H3,(H,34,37)/b7-5-/t29-/m1/s1. The zero-order valence-corrected chi connectivity index (χ0v) is 24.6. The second-order valence-electron chi connectivity index (χ2n) is 12.0. The minimum atomic E-state index is -0.888. The Hall–Kier alpha value is -3.34. The van der Waals surface area contributed by atoms with Gasteiger partial charge in [0.2, 0.25) is 0 Å². The topological polar surface area (TPSA) is 103 Å². The first-order valence-electron chi connectivity index (χ1n) is 14.0. The van der Waals surface area contributed by atoms with Gasteiger partial charge in [0.1, 0.15) is 17.0 Å².